The Bertz CT molecular complexity index is 1440. The minimum atomic E-state index is -0.492. The third kappa shape index (κ3) is 4.25. The second kappa shape index (κ2) is 9.67. The van der Waals surface area contributed by atoms with Crippen LogP contribution in [0, 0.1) is 0 Å². The molecule has 4 aromatic carbocycles. The molecule has 0 saturated carbocycles. The molecule has 1 saturated heterocycles. The predicted molar refractivity (Wildman–Crippen MR) is 144 cm³/mol. The Morgan fingerprint density at radius 1 is 0.686 bits per heavy atom. The predicted octanol–water partition coefficient (Wildman–Crippen LogP) is 5.82. The number of rotatable bonds is 6. The maximum atomic E-state index is 11.3. The summed E-state index contributed by atoms with van der Waals surface area (Å²) in [6.45, 7) is 4.37. The van der Waals surface area contributed by atoms with Crippen molar-refractivity contribution < 1.29 is 9.84 Å². The normalized spacial score (nSPS) is 15.6. The van der Waals surface area contributed by atoms with E-state index in [9.17, 15) is 5.11 Å². The zero-order valence-electron chi connectivity index (χ0n) is 19.8. The topological polar surface area (TPSA) is 37.6 Å². The van der Waals surface area contributed by atoms with Crippen molar-refractivity contribution >= 4 is 21.7 Å². The molecule has 35 heavy (non-hydrogen) atoms. The molecule has 1 aliphatic heterocycles. The molecule has 1 unspecified atom stereocenters. The second-order valence-electron chi connectivity index (χ2n) is 9.32. The summed E-state index contributed by atoms with van der Waals surface area (Å²) >= 11 is 0. The highest BCUT2D eigenvalue weighted by molar-refractivity contribution is 6.15. The molecule has 5 aromatic rings. The van der Waals surface area contributed by atoms with Crippen molar-refractivity contribution in [2.24, 2.45) is 0 Å². The van der Waals surface area contributed by atoms with E-state index in [1.807, 2.05) is 0 Å². The molecule has 4 nitrogen and oxygen atoms in total. The summed E-state index contributed by atoms with van der Waals surface area (Å²) in [6, 6.07) is 34.2. The Hall–Kier alpha value is -3.44. The summed E-state index contributed by atoms with van der Waals surface area (Å²) in [6.07, 6.45) is -0.492. The fourth-order valence-corrected chi connectivity index (χ4v) is 5.45. The van der Waals surface area contributed by atoms with Gasteiger partial charge in [-0.1, -0.05) is 97.1 Å². The summed E-state index contributed by atoms with van der Waals surface area (Å²) in [5.74, 6) is 0. The Labute approximate surface area is 206 Å². The van der Waals surface area contributed by atoms with E-state index in [1.165, 1.54) is 32.8 Å². The first-order valence-electron chi connectivity index (χ1n) is 12.4. The van der Waals surface area contributed by atoms with Gasteiger partial charge in [0.1, 0.15) is 0 Å². The molecule has 1 atom stereocenters. The summed E-state index contributed by atoms with van der Waals surface area (Å²) in [5.41, 5.74) is 5.90. The number of hydrogen-bond acceptors (Lipinski definition) is 3. The van der Waals surface area contributed by atoms with E-state index in [0.29, 0.717) is 13.1 Å². The van der Waals surface area contributed by atoms with Gasteiger partial charge in [-0.3, -0.25) is 4.90 Å². The zero-order valence-corrected chi connectivity index (χ0v) is 19.8. The highest BCUT2D eigenvalue weighted by Crippen LogP contribution is 2.43. The Morgan fingerprint density at radius 2 is 1.34 bits per heavy atom. The third-order valence-electron chi connectivity index (χ3n) is 7.02. The molecular weight excluding hydrogens is 432 g/mol. The van der Waals surface area contributed by atoms with Gasteiger partial charge in [-0.2, -0.15) is 0 Å². The fourth-order valence-electron chi connectivity index (χ4n) is 5.45. The SMILES string of the molecule is OC(CN1CCOCC1)Cn1c(-c2ccccc2)c(-c2ccccc2)c2ccc3ccccc3c21. The molecule has 0 bridgehead atoms. The molecule has 6 rings (SSSR count). The second-order valence-corrected chi connectivity index (χ2v) is 9.32. The van der Waals surface area contributed by atoms with Gasteiger partial charge >= 0.3 is 0 Å². The standard InChI is InChI=1S/C31H30N2O2/c34-26(21-32-17-19-35-20-18-32)22-33-30(25-12-5-2-6-13-25)29(24-10-3-1-4-11-24)28-16-15-23-9-7-8-14-27(23)31(28)33/h1-16,26,34H,17-22H2. The molecule has 176 valence electrons. The number of aromatic nitrogens is 1. The van der Waals surface area contributed by atoms with E-state index in [4.69, 9.17) is 4.74 Å². The molecule has 0 aliphatic carbocycles. The lowest BCUT2D eigenvalue weighted by atomic mass is 9.97. The summed E-state index contributed by atoms with van der Waals surface area (Å²) < 4.78 is 7.87. The highest BCUT2D eigenvalue weighted by Gasteiger charge is 2.24. The maximum Gasteiger partial charge on any atom is 0.0846 e. The average molecular weight is 463 g/mol. The van der Waals surface area contributed by atoms with Crippen LogP contribution >= 0.6 is 0 Å². The van der Waals surface area contributed by atoms with Gasteiger partial charge in [0.05, 0.1) is 37.1 Å². The number of hydrogen-bond donors (Lipinski definition) is 1. The van der Waals surface area contributed by atoms with Crippen LogP contribution in [0.5, 0.6) is 0 Å². The number of β-amino-alcohol motifs (C(OH)–C–C–N with tert-alkyl or cyclic N) is 1. The van der Waals surface area contributed by atoms with E-state index in [1.54, 1.807) is 0 Å². The van der Waals surface area contributed by atoms with Crippen LogP contribution < -0.4 is 0 Å². The van der Waals surface area contributed by atoms with Gasteiger partial charge in [-0.15, -0.1) is 0 Å². The van der Waals surface area contributed by atoms with Crippen LogP contribution in [0.2, 0.25) is 0 Å². The molecule has 0 amide bonds. The zero-order chi connectivity index (χ0) is 23.6. The van der Waals surface area contributed by atoms with Crippen LogP contribution in [0.1, 0.15) is 0 Å². The van der Waals surface area contributed by atoms with Gasteiger partial charge in [-0.25, -0.2) is 0 Å². The Balaban J connectivity index is 1.59. The van der Waals surface area contributed by atoms with Crippen LogP contribution in [0.3, 0.4) is 0 Å². The number of fused-ring (bicyclic) bond motifs is 3. The van der Waals surface area contributed by atoms with Crippen molar-refractivity contribution in [3.8, 4) is 22.4 Å². The van der Waals surface area contributed by atoms with Crippen LogP contribution in [0.25, 0.3) is 44.1 Å². The van der Waals surface area contributed by atoms with E-state index in [-0.39, 0.29) is 0 Å². The molecule has 1 fully saturated rings. The molecule has 1 aromatic heterocycles. The molecular formula is C31H30N2O2. The number of aliphatic hydroxyl groups excluding tert-OH is 1. The lowest BCUT2D eigenvalue weighted by Gasteiger charge is -2.29. The van der Waals surface area contributed by atoms with E-state index >= 15 is 0 Å². The van der Waals surface area contributed by atoms with Crippen molar-refractivity contribution in [1.82, 2.24) is 9.47 Å². The van der Waals surface area contributed by atoms with Gasteiger partial charge < -0.3 is 14.4 Å². The third-order valence-corrected chi connectivity index (χ3v) is 7.02. The number of aliphatic hydroxyl groups is 1. The van der Waals surface area contributed by atoms with Crippen molar-refractivity contribution in [2.75, 3.05) is 32.8 Å². The van der Waals surface area contributed by atoms with Gasteiger partial charge in [0.2, 0.25) is 0 Å². The Kier molecular flexibility index (Phi) is 6.09. The van der Waals surface area contributed by atoms with E-state index in [0.717, 1.165) is 37.6 Å². The lowest BCUT2D eigenvalue weighted by molar-refractivity contribution is 0.0118. The van der Waals surface area contributed by atoms with Crippen LogP contribution in [0.15, 0.2) is 97.1 Å². The van der Waals surface area contributed by atoms with Gasteiger partial charge in [0, 0.05) is 36.0 Å². The van der Waals surface area contributed by atoms with Gasteiger partial charge in [0.15, 0.2) is 0 Å². The van der Waals surface area contributed by atoms with Crippen molar-refractivity contribution in [3.05, 3.63) is 97.1 Å². The van der Waals surface area contributed by atoms with E-state index in [2.05, 4.69) is 107 Å². The van der Waals surface area contributed by atoms with E-state index < -0.39 is 6.10 Å². The first-order valence-corrected chi connectivity index (χ1v) is 12.4. The minimum absolute atomic E-state index is 0.492. The average Bonchev–Trinajstić information content (AvgIpc) is 3.24. The monoisotopic (exact) mass is 462 g/mol. The quantitative estimate of drug-likeness (QED) is 0.345. The van der Waals surface area contributed by atoms with Crippen LogP contribution in [-0.4, -0.2) is 53.5 Å². The minimum Gasteiger partial charge on any atom is -0.390 e. The number of morpholine rings is 1. The summed E-state index contributed by atoms with van der Waals surface area (Å²) in [7, 11) is 0. The van der Waals surface area contributed by atoms with Crippen LogP contribution in [0.4, 0.5) is 0 Å². The van der Waals surface area contributed by atoms with Crippen LogP contribution in [-0.2, 0) is 11.3 Å². The van der Waals surface area contributed by atoms with Gasteiger partial charge in [-0.05, 0) is 16.5 Å². The molecule has 0 spiro atoms. The maximum absolute atomic E-state index is 11.3. The summed E-state index contributed by atoms with van der Waals surface area (Å²) in [5, 5.41) is 15.0. The molecule has 1 aliphatic rings. The largest absolute Gasteiger partial charge is 0.390 e. The number of nitrogens with zero attached hydrogens (tertiary/aromatic N) is 2. The fraction of sp³-hybridized carbons (Fsp3) is 0.226. The molecule has 4 heteroatoms. The van der Waals surface area contributed by atoms with Gasteiger partial charge in [0.25, 0.3) is 0 Å². The van der Waals surface area contributed by atoms with Crippen molar-refractivity contribution in [1.29, 1.82) is 0 Å². The first-order chi connectivity index (χ1) is 17.3. The molecule has 0 radical (unpaired) electrons. The van der Waals surface area contributed by atoms with Crippen molar-refractivity contribution in [2.45, 2.75) is 12.6 Å². The Morgan fingerprint density at radius 3 is 2.09 bits per heavy atom. The highest BCUT2D eigenvalue weighted by atomic mass is 16.5. The van der Waals surface area contributed by atoms with Crippen molar-refractivity contribution in [3.63, 3.8) is 0 Å². The summed E-state index contributed by atoms with van der Waals surface area (Å²) in [4.78, 5) is 2.30. The first kappa shape index (κ1) is 22.1. The molecule has 1 N–H and O–H groups in total. The molecule has 2 heterocycles. The number of benzene rings is 4. The number of ether oxygens (including phenoxy) is 1. The lowest BCUT2D eigenvalue weighted by Crippen LogP contribution is -2.42. The smallest absolute Gasteiger partial charge is 0.0846 e.